The molecule has 1 unspecified atom stereocenters. The summed E-state index contributed by atoms with van der Waals surface area (Å²) in [7, 11) is 14.3. The molecule has 2 aromatic rings. The highest BCUT2D eigenvalue weighted by Gasteiger charge is 2.46. The van der Waals surface area contributed by atoms with Gasteiger partial charge in [-0.2, -0.15) is 4.57 Å². The number of pyridine rings is 1. The molecule has 9 amide bonds. The maximum atomic E-state index is 15.7. The van der Waals surface area contributed by atoms with Crippen LogP contribution in [0.3, 0.4) is 0 Å². The molecule has 1 aliphatic rings. The molecule has 1 fully saturated rings. The lowest BCUT2D eigenvalue weighted by Crippen LogP contribution is -2.61. The van der Waals surface area contributed by atoms with E-state index in [4.69, 9.17) is 0 Å². The van der Waals surface area contributed by atoms with Gasteiger partial charge in [-0.3, -0.25) is 52.7 Å². The first-order valence-corrected chi connectivity index (χ1v) is 38.0. The summed E-state index contributed by atoms with van der Waals surface area (Å²) >= 11 is 0. The predicted octanol–water partition coefficient (Wildman–Crippen LogP) is 8.67. The normalized spacial score (nSPS) is 25.0. The fourth-order valence-electron chi connectivity index (χ4n) is 14.2. The first-order valence-electron chi connectivity index (χ1n) is 38.0. The lowest BCUT2D eigenvalue weighted by atomic mass is 9.86. The van der Waals surface area contributed by atoms with Gasteiger partial charge in [0, 0.05) is 107 Å². The number of amides is 9. The minimum atomic E-state index is -1.56. The number of nitrogens with zero attached hydrogens (tertiary/aromatic N) is 9. The number of nitrogens with one attached hydrogen (secondary N) is 2. The van der Waals surface area contributed by atoms with Crippen LogP contribution in [0.5, 0.6) is 0 Å². The molecule has 1 aromatic carbocycles. The van der Waals surface area contributed by atoms with Crippen LogP contribution >= 0.6 is 0 Å². The highest BCUT2D eigenvalue weighted by Crippen LogP contribution is 2.30. The lowest BCUT2D eigenvalue weighted by molar-refractivity contribution is -0.671. The summed E-state index contributed by atoms with van der Waals surface area (Å²) < 4.78 is 2.24. The lowest BCUT2D eigenvalue weighted by Gasteiger charge is -2.41. The van der Waals surface area contributed by atoms with E-state index >= 15 is 28.8 Å². The molecule has 584 valence electrons. The summed E-state index contributed by atoms with van der Waals surface area (Å²) in [5, 5.41) is 19.6. The van der Waals surface area contributed by atoms with Crippen molar-refractivity contribution in [3.8, 4) is 0 Å². The number of benzene rings is 1. The monoisotopic (exact) mass is 1450 g/mol. The van der Waals surface area contributed by atoms with Gasteiger partial charge >= 0.3 is 0 Å². The van der Waals surface area contributed by atoms with Crippen molar-refractivity contribution in [3.63, 3.8) is 0 Å². The Balaban J connectivity index is 2.33. The maximum absolute atomic E-state index is 15.7. The molecule has 104 heavy (non-hydrogen) atoms. The van der Waals surface area contributed by atoms with E-state index in [0.717, 1.165) is 35.1 Å². The number of fused-ring (bicyclic) bond motifs is 1. The summed E-state index contributed by atoms with van der Waals surface area (Å²) in [6.07, 6.45) is 7.74. The van der Waals surface area contributed by atoms with E-state index in [-0.39, 0.29) is 68.6 Å². The molecule has 3 N–H and O–H groups in total. The number of rotatable bonds is 22. The van der Waals surface area contributed by atoms with Crippen molar-refractivity contribution < 1.29 is 62.4 Å². The van der Waals surface area contributed by atoms with Crippen molar-refractivity contribution in [1.82, 2.24) is 44.9 Å². The van der Waals surface area contributed by atoms with E-state index < -0.39 is 161 Å². The number of allylic oxidation sites excluding steroid dienone is 2. The van der Waals surface area contributed by atoms with Crippen LogP contribution in [0.1, 0.15) is 187 Å². The number of aromatic nitrogens is 1. The summed E-state index contributed by atoms with van der Waals surface area (Å²) in [5.41, 5.74) is 3.39. The van der Waals surface area contributed by atoms with Crippen LogP contribution in [0.4, 0.5) is 5.69 Å². The number of Topliss-reactive ketones (excluding diaryl/α,β-unsaturated/α-hetero) is 2. The van der Waals surface area contributed by atoms with Crippen LogP contribution in [0.15, 0.2) is 55.3 Å². The number of hydrogen-bond acceptors (Lipinski definition) is 13. The van der Waals surface area contributed by atoms with E-state index in [2.05, 4.69) is 64.1 Å². The molecule has 13 atom stereocenters. The standard InChI is InChI=1S/C81H133N11O12/c1-28-34-61-77(100)86(22)64(42-49(5)6)74(97)83-69(52(11)12)80(103)87(23)63(41-48(3)4)73(96)82-57(18)67(93)46-56(17)75(98)88(24)65(43-50(7)8)78(101)89(25)66(44-51(9)10)79(102)90(26)70(53(13)14)81(104)91(27)71(68(94)47-58(29-2)76(99)85(61)21)72(95)55(16)35-32-30-31-33-39-92-40-38-60(84(19)20)59-37-36-54(15)45-62(59)92/h28,30,32,36-38,40,45,48-53,55-58,61,63-66,69-72,95H,1,29,31,33-35,39,41-44,46-47H2,2-27H3,(H-,82,83,96,97)/p+1/b32-30+/t55-,56+,57+,58-,61?,63+,64+,65+,66+,69+,70+,71-,72-/m1/s1. The summed E-state index contributed by atoms with van der Waals surface area (Å²) in [5.74, 6) is -11.1. The first-order chi connectivity index (χ1) is 48.4. The van der Waals surface area contributed by atoms with Crippen molar-refractivity contribution in [3.05, 3.63) is 60.8 Å². The number of ketones is 2. The van der Waals surface area contributed by atoms with Gasteiger partial charge in [-0.1, -0.05) is 128 Å². The Hall–Kier alpha value is -7.56. The van der Waals surface area contributed by atoms with Crippen LogP contribution in [-0.4, -0.2) is 228 Å². The second kappa shape index (κ2) is 41.4. The summed E-state index contributed by atoms with van der Waals surface area (Å²) in [4.78, 5) is 176. The first kappa shape index (κ1) is 90.7. The molecule has 0 aliphatic carbocycles. The van der Waals surface area contributed by atoms with Gasteiger partial charge in [-0.05, 0) is 118 Å². The second-order valence-corrected chi connectivity index (χ2v) is 32.3. The predicted molar refractivity (Wildman–Crippen MR) is 411 cm³/mol. The number of carbonyl (C=O) groups is 11. The molecule has 1 saturated heterocycles. The highest BCUT2D eigenvalue weighted by molar-refractivity contribution is 6.00. The van der Waals surface area contributed by atoms with Crippen LogP contribution < -0.4 is 20.1 Å². The molecular weight excluding hydrogens is 1320 g/mol. The van der Waals surface area contributed by atoms with Crippen LogP contribution in [-0.2, 0) is 59.3 Å². The average molecular weight is 1450 g/mol. The van der Waals surface area contributed by atoms with Crippen molar-refractivity contribution >= 4 is 81.3 Å². The Morgan fingerprint density at radius 3 is 1.53 bits per heavy atom. The topological polar surface area (TPSA) is 262 Å². The Bertz CT molecular complexity index is 3310. The third-order valence-corrected chi connectivity index (χ3v) is 20.7. The Morgan fingerprint density at radius 2 is 1.03 bits per heavy atom. The van der Waals surface area contributed by atoms with E-state index in [1.807, 2.05) is 81.6 Å². The summed E-state index contributed by atoms with van der Waals surface area (Å²) in [6, 6.07) is -2.42. The van der Waals surface area contributed by atoms with Gasteiger partial charge in [0.25, 0.3) is 0 Å². The molecule has 0 spiro atoms. The third kappa shape index (κ3) is 24.2. The van der Waals surface area contributed by atoms with Crippen LogP contribution in [0, 0.1) is 60.2 Å². The zero-order chi connectivity index (χ0) is 79.4. The number of aryl methyl sites for hydroxylation is 2. The average Bonchev–Trinajstić information content (AvgIpc) is 0.802. The van der Waals surface area contributed by atoms with Gasteiger partial charge in [0.15, 0.2) is 17.8 Å². The van der Waals surface area contributed by atoms with Crippen LogP contribution in [0.2, 0.25) is 0 Å². The van der Waals surface area contributed by atoms with Crippen LogP contribution in [0.25, 0.3) is 10.9 Å². The van der Waals surface area contributed by atoms with Gasteiger partial charge in [-0.25, -0.2) is 0 Å². The van der Waals surface area contributed by atoms with E-state index in [9.17, 15) is 29.1 Å². The molecule has 0 saturated carbocycles. The molecule has 2 heterocycles. The fourth-order valence-corrected chi connectivity index (χ4v) is 14.2. The quantitative estimate of drug-likeness (QED) is 0.0567. The molecule has 1 aliphatic heterocycles. The number of hydrogen-bond donors (Lipinski definition) is 3. The fraction of sp³-hybridized carbons (Fsp3) is 0.704. The molecule has 23 nitrogen and oxygen atoms in total. The molecular formula is C81H134N11O12+. The zero-order valence-corrected chi connectivity index (χ0v) is 68.2. The molecule has 0 bridgehead atoms. The number of likely N-dealkylation sites (N-methyl/N-ethyl adjacent to an activating group) is 7. The smallest absolute Gasteiger partial charge is 0.246 e. The Labute approximate surface area is 623 Å². The molecule has 0 radical (unpaired) electrons. The Morgan fingerprint density at radius 1 is 0.558 bits per heavy atom. The highest BCUT2D eigenvalue weighted by atomic mass is 16.3. The third-order valence-electron chi connectivity index (χ3n) is 20.7. The molecule has 23 heteroatoms. The summed E-state index contributed by atoms with van der Waals surface area (Å²) in [6.45, 7) is 35.4. The van der Waals surface area contributed by atoms with Crippen molar-refractivity contribution in [2.24, 2.45) is 53.3 Å². The van der Waals surface area contributed by atoms with Crippen molar-refractivity contribution in [2.45, 2.75) is 255 Å². The molecule has 3 rings (SSSR count). The SMILES string of the molecule is C=CCC1C(=O)N(C)[C@@H](CC(C)C)C(=O)N[C@@H](C(C)C)C(=O)N(C)[C@@H](CC(C)C)C(=O)N[C@@H](C)C(=O)C[C@H](C)C(=O)N(C)[C@@H](CC(C)C)C(=O)N(C)[C@@H](CC(C)C)C(=O)N(C)[C@@H](C(C)C)C(=O)N(C)[C@@H]([C@H](O)[C@H](C)C/C=C/CCC[n+]2ccc(N(C)C)c3ccc(C)cc32)C(=O)C[C@@H](CC)C(=O)N1C. The minimum absolute atomic E-state index is 0.0618. The van der Waals surface area contributed by atoms with Gasteiger partial charge in [-0.15, -0.1) is 6.58 Å². The number of aliphatic hydroxyl groups is 1. The number of carbonyl (C=O) groups excluding carboxylic acids is 11. The van der Waals surface area contributed by atoms with E-state index in [1.165, 1.54) is 96.6 Å². The van der Waals surface area contributed by atoms with Gasteiger partial charge in [0.05, 0.1) is 23.2 Å². The zero-order valence-electron chi connectivity index (χ0n) is 68.2. The van der Waals surface area contributed by atoms with Crippen molar-refractivity contribution in [1.29, 1.82) is 0 Å². The van der Waals surface area contributed by atoms with Crippen molar-refractivity contribution in [2.75, 3.05) is 68.3 Å². The maximum Gasteiger partial charge on any atom is 0.246 e. The minimum Gasteiger partial charge on any atom is -0.390 e. The largest absolute Gasteiger partial charge is 0.390 e. The van der Waals surface area contributed by atoms with E-state index in [0.29, 0.717) is 12.8 Å². The van der Waals surface area contributed by atoms with E-state index in [1.54, 1.807) is 48.5 Å². The number of anilines is 1. The number of aliphatic hydroxyl groups excluding tert-OH is 1. The van der Waals surface area contributed by atoms with Gasteiger partial charge in [0.2, 0.25) is 58.7 Å². The molecule has 1 aromatic heterocycles. The second-order valence-electron chi connectivity index (χ2n) is 32.3. The Kier molecular flexibility index (Phi) is 36.1. The van der Waals surface area contributed by atoms with Gasteiger partial charge in [0.1, 0.15) is 54.9 Å². The van der Waals surface area contributed by atoms with Gasteiger partial charge < -0.3 is 54.9 Å². The number of unbranched alkanes of at least 4 members (excludes halogenated alkanes) is 1.